The van der Waals surface area contributed by atoms with Crippen molar-refractivity contribution in [3.8, 4) is 0 Å². The number of hydrogen-bond acceptors (Lipinski definition) is 2. The smallest absolute Gasteiger partial charge is 0.00962 e. The first-order chi connectivity index (χ1) is 8.21. The molecule has 0 aromatic carbocycles. The van der Waals surface area contributed by atoms with Crippen molar-refractivity contribution < 1.29 is 0 Å². The van der Waals surface area contributed by atoms with Crippen LogP contribution in [0.4, 0.5) is 0 Å². The fourth-order valence-electron chi connectivity index (χ4n) is 3.81. The van der Waals surface area contributed by atoms with Crippen molar-refractivity contribution in [1.29, 1.82) is 0 Å². The first-order valence-corrected chi connectivity index (χ1v) is 7.67. The largest absolute Gasteiger partial charge is 0.316 e. The minimum absolute atomic E-state index is 0.560. The van der Waals surface area contributed by atoms with Crippen LogP contribution < -0.4 is 5.32 Å². The topological polar surface area (TPSA) is 15.3 Å². The van der Waals surface area contributed by atoms with Crippen molar-refractivity contribution in [2.45, 2.75) is 71.4 Å². The Morgan fingerprint density at radius 1 is 1.29 bits per heavy atom. The number of rotatable bonds is 4. The van der Waals surface area contributed by atoms with Gasteiger partial charge in [0, 0.05) is 25.2 Å². The van der Waals surface area contributed by atoms with Crippen molar-refractivity contribution in [2.75, 3.05) is 19.6 Å². The van der Waals surface area contributed by atoms with Crippen LogP contribution in [0, 0.1) is 5.41 Å². The van der Waals surface area contributed by atoms with E-state index in [1.165, 1.54) is 58.2 Å². The summed E-state index contributed by atoms with van der Waals surface area (Å²) in [4.78, 5) is 2.82. The molecule has 0 amide bonds. The Labute approximate surface area is 107 Å². The van der Waals surface area contributed by atoms with Crippen LogP contribution in [0.5, 0.6) is 0 Å². The van der Waals surface area contributed by atoms with Crippen LogP contribution in [0.3, 0.4) is 0 Å². The van der Waals surface area contributed by atoms with E-state index in [1.807, 2.05) is 0 Å². The van der Waals surface area contributed by atoms with Gasteiger partial charge in [0.1, 0.15) is 0 Å². The minimum Gasteiger partial charge on any atom is -0.316 e. The molecule has 3 unspecified atom stereocenters. The summed E-state index contributed by atoms with van der Waals surface area (Å²) in [6.45, 7) is 11.0. The molecule has 3 atom stereocenters. The lowest BCUT2D eigenvalue weighted by molar-refractivity contribution is 0.0807. The highest BCUT2D eigenvalue weighted by atomic mass is 15.2. The number of hydrogen-bond donors (Lipinski definition) is 1. The molecule has 0 aromatic rings. The zero-order valence-corrected chi connectivity index (χ0v) is 12.0. The summed E-state index contributed by atoms with van der Waals surface area (Å²) in [5, 5.41) is 3.62. The fraction of sp³-hybridized carbons (Fsp3) is 1.00. The summed E-state index contributed by atoms with van der Waals surface area (Å²) in [5.74, 6) is 0. The Kier molecular flexibility index (Phi) is 4.48. The molecule has 0 radical (unpaired) electrons. The molecule has 0 aromatic heterocycles. The summed E-state index contributed by atoms with van der Waals surface area (Å²) in [5.41, 5.74) is 0.560. The average molecular weight is 238 g/mol. The van der Waals surface area contributed by atoms with Gasteiger partial charge < -0.3 is 5.32 Å². The van der Waals surface area contributed by atoms with Crippen LogP contribution in [0.15, 0.2) is 0 Å². The third kappa shape index (κ3) is 2.85. The van der Waals surface area contributed by atoms with Crippen LogP contribution in [0.2, 0.25) is 0 Å². The van der Waals surface area contributed by atoms with Gasteiger partial charge in [-0.05, 0) is 57.4 Å². The first kappa shape index (κ1) is 13.4. The molecule has 1 N–H and O–H groups in total. The van der Waals surface area contributed by atoms with Gasteiger partial charge in [0.15, 0.2) is 0 Å². The van der Waals surface area contributed by atoms with Crippen molar-refractivity contribution in [2.24, 2.45) is 5.41 Å². The monoisotopic (exact) mass is 238 g/mol. The van der Waals surface area contributed by atoms with Crippen LogP contribution in [-0.2, 0) is 0 Å². The Bertz CT molecular complexity index is 233. The lowest BCUT2D eigenvalue weighted by Crippen LogP contribution is -2.50. The highest BCUT2D eigenvalue weighted by Gasteiger charge is 2.37. The summed E-state index contributed by atoms with van der Waals surface area (Å²) in [7, 11) is 0. The maximum atomic E-state index is 3.62. The lowest BCUT2D eigenvalue weighted by atomic mass is 9.77. The van der Waals surface area contributed by atoms with Crippen molar-refractivity contribution in [3.05, 3.63) is 0 Å². The normalized spacial score (nSPS) is 39.7. The molecular weight excluding hydrogens is 208 g/mol. The Morgan fingerprint density at radius 2 is 2.12 bits per heavy atom. The number of piperidine rings is 1. The molecule has 2 saturated heterocycles. The minimum atomic E-state index is 0.560. The van der Waals surface area contributed by atoms with E-state index in [0.717, 1.165) is 12.1 Å². The predicted octanol–water partition coefficient (Wildman–Crippen LogP) is 3.03. The number of nitrogens with zero attached hydrogens (tertiary/aromatic N) is 1. The molecule has 17 heavy (non-hydrogen) atoms. The van der Waals surface area contributed by atoms with Crippen LogP contribution in [-0.4, -0.2) is 36.6 Å². The molecule has 2 nitrogen and oxygen atoms in total. The SMILES string of the molecule is CCC1CCC(C)N1CC1(CC)CCCNC1. The fourth-order valence-corrected chi connectivity index (χ4v) is 3.81. The average Bonchev–Trinajstić information content (AvgIpc) is 2.72. The first-order valence-electron chi connectivity index (χ1n) is 7.67. The highest BCUT2D eigenvalue weighted by Crippen LogP contribution is 2.36. The zero-order valence-electron chi connectivity index (χ0n) is 12.0. The Balaban J connectivity index is 2.01. The van der Waals surface area contributed by atoms with Crippen LogP contribution in [0.1, 0.15) is 59.3 Å². The maximum absolute atomic E-state index is 3.62. The summed E-state index contributed by atoms with van der Waals surface area (Å²) < 4.78 is 0. The van der Waals surface area contributed by atoms with Gasteiger partial charge in [-0.1, -0.05) is 13.8 Å². The number of likely N-dealkylation sites (tertiary alicyclic amines) is 1. The molecule has 0 aliphatic carbocycles. The Hall–Kier alpha value is -0.0800. The summed E-state index contributed by atoms with van der Waals surface area (Å²) in [6, 6.07) is 1.67. The van der Waals surface area contributed by atoms with E-state index in [1.54, 1.807) is 0 Å². The summed E-state index contributed by atoms with van der Waals surface area (Å²) >= 11 is 0. The predicted molar refractivity (Wildman–Crippen MR) is 74.3 cm³/mol. The van der Waals surface area contributed by atoms with Gasteiger partial charge in [0.2, 0.25) is 0 Å². The van der Waals surface area contributed by atoms with E-state index in [4.69, 9.17) is 0 Å². The van der Waals surface area contributed by atoms with E-state index in [-0.39, 0.29) is 0 Å². The Morgan fingerprint density at radius 3 is 2.71 bits per heavy atom. The third-order valence-electron chi connectivity index (χ3n) is 5.25. The molecule has 2 rings (SSSR count). The van der Waals surface area contributed by atoms with E-state index in [0.29, 0.717) is 5.41 Å². The van der Waals surface area contributed by atoms with Gasteiger partial charge in [-0.3, -0.25) is 4.90 Å². The van der Waals surface area contributed by atoms with Crippen LogP contribution in [0.25, 0.3) is 0 Å². The van der Waals surface area contributed by atoms with Crippen molar-refractivity contribution in [3.63, 3.8) is 0 Å². The van der Waals surface area contributed by atoms with Gasteiger partial charge in [-0.15, -0.1) is 0 Å². The van der Waals surface area contributed by atoms with Gasteiger partial charge in [0.25, 0.3) is 0 Å². The van der Waals surface area contributed by atoms with E-state index in [9.17, 15) is 0 Å². The second kappa shape index (κ2) is 5.71. The standard InChI is InChI=1S/C15H30N2/c1-4-14-8-7-13(3)17(14)12-15(5-2)9-6-10-16-11-15/h13-14,16H,4-12H2,1-3H3. The van der Waals surface area contributed by atoms with Gasteiger partial charge in [-0.2, -0.15) is 0 Å². The molecule has 0 saturated carbocycles. The quantitative estimate of drug-likeness (QED) is 0.810. The molecule has 2 aliphatic heterocycles. The second-order valence-corrected chi connectivity index (χ2v) is 6.29. The van der Waals surface area contributed by atoms with E-state index < -0.39 is 0 Å². The molecule has 2 heteroatoms. The van der Waals surface area contributed by atoms with Gasteiger partial charge in [0.05, 0.1) is 0 Å². The number of nitrogens with one attached hydrogen (secondary N) is 1. The van der Waals surface area contributed by atoms with Crippen LogP contribution >= 0.6 is 0 Å². The maximum Gasteiger partial charge on any atom is 0.00962 e. The molecule has 100 valence electrons. The molecule has 2 fully saturated rings. The van der Waals surface area contributed by atoms with Crippen molar-refractivity contribution in [1.82, 2.24) is 10.2 Å². The molecular formula is C15H30N2. The molecule has 0 bridgehead atoms. The third-order valence-corrected chi connectivity index (χ3v) is 5.25. The highest BCUT2D eigenvalue weighted by molar-refractivity contribution is 4.93. The molecule has 2 aliphatic rings. The second-order valence-electron chi connectivity index (χ2n) is 6.29. The van der Waals surface area contributed by atoms with Gasteiger partial charge in [-0.25, -0.2) is 0 Å². The molecule has 0 spiro atoms. The molecule has 2 heterocycles. The van der Waals surface area contributed by atoms with Gasteiger partial charge >= 0.3 is 0 Å². The lowest BCUT2D eigenvalue weighted by Gasteiger charge is -2.43. The van der Waals surface area contributed by atoms with Crippen molar-refractivity contribution >= 4 is 0 Å². The van der Waals surface area contributed by atoms with E-state index >= 15 is 0 Å². The summed E-state index contributed by atoms with van der Waals surface area (Å²) in [6.07, 6.45) is 8.29. The van der Waals surface area contributed by atoms with E-state index in [2.05, 4.69) is 31.0 Å². The zero-order chi connectivity index (χ0) is 12.3.